The first kappa shape index (κ1) is 18.3. The van der Waals surface area contributed by atoms with E-state index in [1.807, 2.05) is 45.0 Å². The third-order valence-electron chi connectivity index (χ3n) is 4.01. The standard InChI is InChI=1S/C18H26BrNO3/c1-18(2,3)23-17(22)20-11-7-6-8-13(20)12-16(21)14-9-4-5-10-15(14)19/h4-5,9-10,13,16,21H,6-8,11-12H2,1-3H3/t13-,16-/m0/s1. The van der Waals surface area contributed by atoms with E-state index in [9.17, 15) is 9.90 Å². The first-order valence-corrected chi connectivity index (χ1v) is 8.99. The molecule has 128 valence electrons. The number of rotatable bonds is 3. The normalized spacial score (nSPS) is 20.2. The van der Waals surface area contributed by atoms with E-state index in [-0.39, 0.29) is 12.1 Å². The predicted molar refractivity (Wildman–Crippen MR) is 94.3 cm³/mol. The van der Waals surface area contributed by atoms with Gasteiger partial charge in [0.05, 0.1) is 6.10 Å². The minimum atomic E-state index is -0.599. The summed E-state index contributed by atoms with van der Waals surface area (Å²) in [7, 11) is 0. The number of piperidine rings is 1. The molecule has 0 bridgehead atoms. The largest absolute Gasteiger partial charge is 0.444 e. The van der Waals surface area contributed by atoms with Gasteiger partial charge in [-0.05, 0) is 58.1 Å². The average molecular weight is 384 g/mol. The molecule has 2 atom stereocenters. The predicted octanol–water partition coefficient (Wildman–Crippen LogP) is 4.66. The Hall–Kier alpha value is -1.07. The van der Waals surface area contributed by atoms with E-state index < -0.39 is 11.7 Å². The maximum Gasteiger partial charge on any atom is 0.410 e. The number of halogens is 1. The van der Waals surface area contributed by atoms with Crippen molar-refractivity contribution in [3.8, 4) is 0 Å². The van der Waals surface area contributed by atoms with Crippen LogP contribution in [-0.2, 0) is 4.74 Å². The van der Waals surface area contributed by atoms with Crippen LogP contribution < -0.4 is 0 Å². The molecule has 1 N–H and O–H groups in total. The summed E-state index contributed by atoms with van der Waals surface area (Å²) in [6, 6.07) is 7.69. The number of carbonyl (C=O) groups is 1. The van der Waals surface area contributed by atoms with E-state index in [0.29, 0.717) is 13.0 Å². The van der Waals surface area contributed by atoms with Crippen molar-refractivity contribution in [1.82, 2.24) is 4.90 Å². The number of nitrogens with zero attached hydrogens (tertiary/aromatic N) is 1. The van der Waals surface area contributed by atoms with Crippen molar-refractivity contribution in [2.24, 2.45) is 0 Å². The van der Waals surface area contributed by atoms with E-state index in [0.717, 1.165) is 29.3 Å². The second kappa shape index (κ2) is 7.67. The number of aliphatic hydroxyl groups excluding tert-OH is 1. The van der Waals surface area contributed by atoms with Gasteiger partial charge in [-0.15, -0.1) is 0 Å². The zero-order chi connectivity index (χ0) is 17.0. The maximum atomic E-state index is 12.4. The monoisotopic (exact) mass is 383 g/mol. The molecule has 0 unspecified atom stereocenters. The highest BCUT2D eigenvalue weighted by Crippen LogP contribution is 2.31. The zero-order valence-corrected chi connectivity index (χ0v) is 15.7. The van der Waals surface area contributed by atoms with E-state index in [1.165, 1.54) is 0 Å². The first-order valence-electron chi connectivity index (χ1n) is 8.20. The summed E-state index contributed by atoms with van der Waals surface area (Å²) in [5, 5.41) is 10.6. The number of benzene rings is 1. The number of likely N-dealkylation sites (tertiary alicyclic amines) is 1. The fourth-order valence-corrected chi connectivity index (χ4v) is 3.49. The van der Waals surface area contributed by atoms with Gasteiger partial charge in [0, 0.05) is 17.1 Å². The Morgan fingerprint density at radius 2 is 2.09 bits per heavy atom. The lowest BCUT2D eigenvalue weighted by Gasteiger charge is -2.37. The molecule has 1 aliphatic heterocycles. The zero-order valence-electron chi connectivity index (χ0n) is 14.1. The highest BCUT2D eigenvalue weighted by molar-refractivity contribution is 9.10. The fraction of sp³-hybridized carbons (Fsp3) is 0.611. The maximum absolute atomic E-state index is 12.4. The Labute approximate surface area is 147 Å². The molecule has 5 heteroatoms. The molecule has 0 aromatic heterocycles. The summed E-state index contributed by atoms with van der Waals surface area (Å²) in [5.74, 6) is 0. The molecule has 0 radical (unpaired) electrons. The summed E-state index contributed by atoms with van der Waals surface area (Å²) in [6.45, 7) is 6.32. The molecule has 23 heavy (non-hydrogen) atoms. The number of amides is 1. The molecule has 0 saturated carbocycles. The van der Waals surface area contributed by atoms with E-state index >= 15 is 0 Å². The molecule has 1 aliphatic rings. The molecular formula is C18H26BrNO3. The number of carbonyl (C=O) groups excluding carboxylic acids is 1. The average Bonchev–Trinajstić information content (AvgIpc) is 2.46. The Kier molecular flexibility index (Phi) is 6.09. The van der Waals surface area contributed by atoms with Crippen molar-refractivity contribution in [3.05, 3.63) is 34.3 Å². The van der Waals surface area contributed by atoms with Crippen LogP contribution in [0.1, 0.15) is 58.1 Å². The molecule has 2 rings (SSSR count). The Morgan fingerprint density at radius 1 is 1.39 bits per heavy atom. The van der Waals surface area contributed by atoms with Crippen molar-refractivity contribution in [2.45, 2.75) is 64.2 Å². The molecule has 1 saturated heterocycles. The van der Waals surface area contributed by atoms with Crippen LogP contribution in [0.5, 0.6) is 0 Å². The quantitative estimate of drug-likeness (QED) is 0.825. The molecule has 1 aromatic rings. The van der Waals surface area contributed by atoms with Crippen molar-refractivity contribution in [1.29, 1.82) is 0 Å². The number of hydrogen-bond donors (Lipinski definition) is 1. The van der Waals surface area contributed by atoms with Gasteiger partial charge in [-0.2, -0.15) is 0 Å². The second-order valence-corrected chi connectivity index (χ2v) is 7.95. The Bertz CT molecular complexity index is 541. The van der Waals surface area contributed by atoms with E-state index in [4.69, 9.17) is 4.74 Å². The van der Waals surface area contributed by atoms with Gasteiger partial charge < -0.3 is 14.7 Å². The third-order valence-corrected chi connectivity index (χ3v) is 4.74. The molecule has 1 fully saturated rings. The van der Waals surface area contributed by atoms with Gasteiger partial charge in [0.25, 0.3) is 0 Å². The van der Waals surface area contributed by atoms with Crippen molar-refractivity contribution < 1.29 is 14.6 Å². The topological polar surface area (TPSA) is 49.8 Å². The number of ether oxygens (including phenoxy) is 1. The lowest BCUT2D eigenvalue weighted by molar-refractivity contribution is 0.00233. The van der Waals surface area contributed by atoms with Crippen molar-refractivity contribution in [3.63, 3.8) is 0 Å². The third kappa shape index (κ3) is 5.21. The minimum absolute atomic E-state index is 0.0145. The number of hydrogen-bond acceptors (Lipinski definition) is 3. The van der Waals surface area contributed by atoms with Crippen molar-refractivity contribution in [2.75, 3.05) is 6.54 Å². The Morgan fingerprint density at radius 3 is 2.74 bits per heavy atom. The van der Waals surface area contributed by atoms with Crippen LogP contribution in [-0.4, -0.2) is 34.3 Å². The van der Waals surface area contributed by atoms with Gasteiger partial charge in [0.2, 0.25) is 0 Å². The summed E-state index contributed by atoms with van der Waals surface area (Å²) in [5.41, 5.74) is 0.363. The molecule has 1 heterocycles. The SMILES string of the molecule is CC(C)(C)OC(=O)N1CCCC[C@H]1C[C@H](O)c1ccccc1Br. The molecule has 0 aliphatic carbocycles. The van der Waals surface area contributed by atoms with Gasteiger partial charge in [-0.3, -0.25) is 0 Å². The van der Waals surface area contributed by atoms with Crippen LogP contribution >= 0.6 is 15.9 Å². The van der Waals surface area contributed by atoms with Crippen LogP contribution in [0.3, 0.4) is 0 Å². The summed E-state index contributed by atoms with van der Waals surface area (Å²) < 4.78 is 6.41. The lowest BCUT2D eigenvalue weighted by atomic mass is 9.94. The molecule has 0 spiro atoms. The molecule has 1 aromatic carbocycles. The van der Waals surface area contributed by atoms with Crippen LogP contribution in [0.15, 0.2) is 28.7 Å². The fourth-order valence-electron chi connectivity index (χ4n) is 2.94. The van der Waals surface area contributed by atoms with Gasteiger partial charge in [-0.1, -0.05) is 34.1 Å². The highest BCUT2D eigenvalue weighted by atomic mass is 79.9. The van der Waals surface area contributed by atoms with Crippen LogP contribution in [0.25, 0.3) is 0 Å². The van der Waals surface area contributed by atoms with E-state index in [2.05, 4.69) is 15.9 Å². The summed E-state index contributed by atoms with van der Waals surface area (Å²) in [6.07, 6.45) is 2.62. The van der Waals surface area contributed by atoms with Gasteiger partial charge in [0.15, 0.2) is 0 Å². The van der Waals surface area contributed by atoms with Crippen LogP contribution in [0.2, 0.25) is 0 Å². The smallest absolute Gasteiger partial charge is 0.410 e. The highest BCUT2D eigenvalue weighted by Gasteiger charge is 2.32. The van der Waals surface area contributed by atoms with Gasteiger partial charge in [-0.25, -0.2) is 4.79 Å². The molecule has 4 nitrogen and oxygen atoms in total. The van der Waals surface area contributed by atoms with E-state index in [1.54, 1.807) is 4.90 Å². The van der Waals surface area contributed by atoms with Gasteiger partial charge >= 0.3 is 6.09 Å². The van der Waals surface area contributed by atoms with Crippen LogP contribution in [0, 0.1) is 0 Å². The summed E-state index contributed by atoms with van der Waals surface area (Å²) >= 11 is 3.48. The first-order chi connectivity index (χ1) is 10.8. The summed E-state index contributed by atoms with van der Waals surface area (Å²) in [4.78, 5) is 14.2. The second-order valence-electron chi connectivity index (χ2n) is 7.10. The lowest BCUT2D eigenvalue weighted by Crippen LogP contribution is -2.46. The number of aliphatic hydroxyl groups is 1. The molecular weight excluding hydrogens is 358 g/mol. The van der Waals surface area contributed by atoms with Crippen molar-refractivity contribution >= 4 is 22.0 Å². The van der Waals surface area contributed by atoms with Gasteiger partial charge in [0.1, 0.15) is 5.60 Å². The van der Waals surface area contributed by atoms with Crippen LogP contribution in [0.4, 0.5) is 4.79 Å². The minimum Gasteiger partial charge on any atom is -0.444 e. The molecule has 1 amide bonds. The Balaban J connectivity index is 2.06.